The van der Waals surface area contributed by atoms with Crippen LogP contribution < -0.4 is 15.0 Å². The molecule has 0 spiro atoms. The van der Waals surface area contributed by atoms with Gasteiger partial charge in [-0.05, 0) is 24.6 Å². The standard InChI is InChI=1S/C22H31N5O2/c1-3-4-16-29-21-18(8-7-11-24-21)17-25-22(23-2)27-14-12-26(13-15-27)19-9-5-6-10-20(19)28/h5-11,28H,3-4,12-17H2,1-2H3,(H,23,25). The molecule has 7 nitrogen and oxygen atoms in total. The van der Waals surface area contributed by atoms with Gasteiger partial charge in [-0.2, -0.15) is 0 Å². The SMILES string of the molecule is CCCCOc1ncccc1CNC(=NC)N1CCN(c2ccccc2O)CC1. The number of aliphatic imine (C=N–C) groups is 1. The van der Waals surface area contributed by atoms with Gasteiger partial charge in [0.25, 0.3) is 0 Å². The Morgan fingerprint density at radius 1 is 1.17 bits per heavy atom. The van der Waals surface area contributed by atoms with Crippen molar-refractivity contribution in [3.05, 3.63) is 48.2 Å². The van der Waals surface area contributed by atoms with E-state index in [9.17, 15) is 5.11 Å². The molecule has 2 aromatic rings. The van der Waals surface area contributed by atoms with E-state index in [2.05, 4.69) is 32.0 Å². The lowest BCUT2D eigenvalue weighted by molar-refractivity contribution is 0.294. The predicted molar refractivity (Wildman–Crippen MR) is 117 cm³/mol. The van der Waals surface area contributed by atoms with Crippen molar-refractivity contribution in [1.82, 2.24) is 15.2 Å². The number of guanidine groups is 1. The Balaban J connectivity index is 1.55. The summed E-state index contributed by atoms with van der Waals surface area (Å²) in [5.74, 6) is 1.88. The molecule has 0 saturated carbocycles. The molecule has 1 saturated heterocycles. The summed E-state index contributed by atoms with van der Waals surface area (Å²) in [6, 6.07) is 11.5. The fourth-order valence-electron chi connectivity index (χ4n) is 3.40. The minimum absolute atomic E-state index is 0.329. The molecule has 2 N–H and O–H groups in total. The molecule has 1 aromatic heterocycles. The zero-order chi connectivity index (χ0) is 20.5. The number of benzene rings is 1. The molecular weight excluding hydrogens is 366 g/mol. The summed E-state index contributed by atoms with van der Waals surface area (Å²) in [6.45, 7) is 6.77. The highest BCUT2D eigenvalue weighted by Crippen LogP contribution is 2.27. The summed E-state index contributed by atoms with van der Waals surface area (Å²) in [6.07, 6.45) is 3.88. The van der Waals surface area contributed by atoms with E-state index in [4.69, 9.17) is 4.74 Å². The summed E-state index contributed by atoms with van der Waals surface area (Å²) >= 11 is 0. The van der Waals surface area contributed by atoms with Crippen molar-refractivity contribution < 1.29 is 9.84 Å². The predicted octanol–water partition coefficient (Wildman–Crippen LogP) is 2.86. The molecule has 0 amide bonds. The second-order valence-electron chi connectivity index (χ2n) is 7.03. The van der Waals surface area contributed by atoms with Crippen molar-refractivity contribution >= 4 is 11.6 Å². The monoisotopic (exact) mass is 397 g/mol. The van der Waals surface area contributed by atoms with Gasteiger partial charge in [-0.1, -0.05) is 31.5 Å². The van der Waals surface area contributed by atoms with Crippen LogP contribution in [0.1, 0.15) is 25.3 Å². The first-order chi connectivity index (χ1) is 14.2. The lowest BCUT2D eigenvalue weighted by atomic mass is 10.2. The second-order valence-corrected chi connectivity index (χ2v) is 7.03. The number of nitrogens with zero attached hydrogens (tertiary/aromatic N) is 4. The molecule has 0 aliphatic carbocycles. The topological polar surface area (TPSA) is 73.2 Å². The van der Waals surface area contributed by atoms with Crippen molar-refractivity contribution in [3.63, 3.8) is 0 Å². The molecule has 1 aliphatic rings. The van der Waals surface area contributed by atoms with Crippen LogP contribution in [0.2, 0.25) is 0 Å². The lowest BCUT2D eigenvalue weighted by Crippen LogP contribution is -2.52. The van der Waals surface area contributed by atoms with E-state index in [-0.39, 0.29) is 0 Å². The molecule has 3 rings (SSSR count). The highest BCUT2D eigenvalue weighted by molar-refractivity contribution is 5.80. The number of aromatic nitrogens is 1. The molecule has 0 bridgehead atoms. The van der Waals surface area contributed by atoms with Gasteiger partial charge in [0.15, 0.2) is 5.96 Å². The van der Waals surface area contributed by atoms with Crippen LogP contribution >= 0.6 is 0 Å². The normalized spacial score (nSPS) is 14.8. The molecule has 1 fully saturated rings. The van der Waals surface area contributed by atoms with E-state index < -0.39 is 0 Å². The van der Waals surface area contributed by atoms with Crippen LogP contribution in [-0.4, -0.2) is 60.8 Å². The van der Waals surface area contributed by atoms with Gasteiger partial charge in [-0.15, -0.1) is 0 Å². The van der Waals surface area contributed by atoms with E-state index in [0.717, 1.165) is 56.2 Å². The number of anilines is 1. The summed E-state index contributed by atoms with van der Waals surface area (Å²) in [7, 11) is 1.81. The third kappa shape index (κ3) is 5.53. The number of phenols is 1. The van der Waals surface area contributed by atoms with E-state index in [1.54, 1.807) is 19.3 Å². The fourth-order valence-corrected chi connectivity index (χ4v) is 3.40. The quantitative estimate of drug-likeness (QED) is 0.425. The van der Waals surface area contributed by atoms with Gasteiger partial charge < -0.3 is 25.0 Å². The van der Waals surface area contributed by atoms with Crippen molar-refractivity contribution in [2.24, 2.45) is 4.99 Å². The average molecular weight is 398 g/mol. The largest absolute Gasteiger partial charge is 0.506 e. The molecule has 0 unspecified atom stereocenters. The number of ether oxygens (including phenoxy) is 1. The molecule has 0 radical (unpaired) electrons. The third-order valence-electron chi connectivity index (χ3n) is 5.04. The van der Waals surface area contributed by atoms with E-state index >= 15 is 0 Å². The van der Waals surface area contributed by atoms with Crippen LogP contribution in [0.15, 0.2) is 47.6 Å². The highest BCUT2D eigenvalue weighted by atomic mass is 16.5. The zero-order valence-corrected chi connectivity index (χ0v) is 17.3. The van der Waals surface area contributed by atoms with Crippen LogP contribution in [-0.2, 0) is 6.54 Å². The van der Waals surface area contributed by atoms with Gasteiger partial charge in [-0.3, -0.25) is 4.99 Å². The number of pyridine rings is 1. The molecule has 29 heavy (non-hydrogen) atoms. The number of aromatic hydroxyl groups is 1. The second kappa shape index (κ2) is 10.5. The van der Waals surface area contributed by atoms with Crippen LogP contribution in [0.25, 0.3) is 0 Å². The number of piperazine rings is 1. The van der Waals surface area contributed by atoms with Gasteiger partial charge in [0.05, 0.1) is 12.3 Å². The fraction of sp³-hybridized carbons (Fsp3) is 0.455. The van der Waals surface area contributed by atoms with Crippen molar-refractivity contribution in [2.75, 3.05) is 44.7 Å². The molecule has 2 heterocycles. The summed E-state index contributed by atoms with van der Waals surface area (Å²) in [5, 5.41) is 13.5. The first-order valence-electron chi connectivity index (χ1n) is 10.3. The van der Waals surface area contributed by atoms with E-state index in [1.807, 2.05) is 30.3 Å². The Morgan fingerprint density at radius 2 is 1.97 bits per heavy atom. The molecule has 0 atom stereocenters. The van der Waals surface area contributed by atoms with Crippen molar-refractivity contribution in [1.29, 1.82) is 0 Å². The van der Waals surface area contributed by atoms with Crippen LogP contribution in [0, 0.1) is 0 Å². The first-order valence-corrected chi connectivity index (χ1v) is 10.3. The van der Waals surface area contributed by atoms with Gasteiger partial charge >= 0.3 is 0 Å². The van der Waals surface area contributed by atoms with E-state index in [0.29, 0.717) is 24.8 Å². The summed E-state index contributed by atoms with van der Waals surface area (Å²) in [5.41, 5.74) is 1.91. The van der Waals surface area contributed by atoms with Gasteiger partial charge in [0.2, 0.25) is 5.88 Å². The maximum Gasteiger partial charge on any atom is 0.218 e. The summed E-state index contributed by atoms with van der Waals surface area (Å²) < 4.78 is 5.83. The number of hydrogen-bond donors (Lipinski definition) is 2. The number of hydrogen-bond acceptors (Lipinski definition) is 5. The first kappa shape index (κ1) is 20.8. The lowest BCUT2D eigenvalue weighted by Gasteiger charge is -2.37. The Morgan fingerprint density at radius 3 is 2.69 bits per heavy atom. The average Bonchev–Trinajstić information content (AvgIpc) is 2.76. The smallest absolute Gasteiger partial charge is 0.218 e. The molecule has 7 heteroatoms. The van der Waals surface area contributed by atoms with Crippen molar-refractivity contribution in [2.45, 2.75) is 26.3 Å². The highest BCUT2D eigenvalue weighted by Gasteiger charge is 2.21. The Labute approximate surface area is 173 Å². The maximum absolute atomic E-state index is 10.1. The number of nitrogens with one attached hydrogen (secondary N) is 1. The van der Waals surface area contributed by atoms with Crippen LogP contribution in [0.5, 0.6) is 11.6 Å². The Bertz CT molecular complexity index is 803. The minimum Gasteiger partial charge on any atom is -0.506 e. The molecular formula is C22H31N5O2. The van der Waals surface area contributed by atoms with Crippen LogP contribution in [0.4, 0.5) is 5.69 Å². The number of para-hydroxylation sites is 2. The van der Waals surface area contributed by atoms with Crippen LogP contribution in [0.3, 0.4) is 0 Å². The number of phenolic OH excluding ortho intramolecular Hbond substituents is 1. The Kier molecular flexibility index (Phi) is 7.55. The van der Waals surface area contributed by atoms with Gasteiger partial charge in [-0.25, -0.2) is 4.98 Å². The summed E-state index contributed by atoms with van der Waals surface area (Å²) in [4.78, 5) is 13.3. The van der Waals surface area contributed by atoms with Crippen molar-refractivity contribution in [3.8, 4) is 11.6 Å². The molecule has 156 valence electrons. The molecule has 1 aliphatic heterocycles. The van der Waals surface area contributed by atoms with Gasteiger partial charge in [0.1, 0.15) is 5.75 Å². The number of rotatable bonds is 7. The van der Waals surface area contributed by atoms with E-state index in [1.165, 1.54) is 0 Å². The van der Waals surface area contributed by atoms with Gasteiger partial charge in [0, 0.05) is 51.5 Å². The maximum atomic E-state index is 10.1. The minimum atomic E-state index is 0.329. The third-order valence-corrected chi connectivity index (χ3v) is 5.04. The number of unbranched alkanes of at least 4 members (excludes halogenated alkanes) is 1. The molecule has 1 aromatic carbocycles. The zero-order valence-electron chi connectivity index (χ0n) is 17.3. The Hall–Kier alpha value is -2.96.